The van der Waals surface area contributed by atoms with E-state index in [9.17, 15) is 9.90 Å². The van der Waals surface area contributed by atoms with Gasteiger partial charge >= 0.3 is 0 Å². The van der Waals surface area contributed by atoms with Crippen LogP contribution in [0.2, 0.25) is 5.02 Å². The molecule has 2 aliphatic heterocycles. The minimum Gasteiger partial charge on any atom is -0.507 e. The number of phenols is 1. The topological polar surface area (TPSA) is 100 Å². The van der Waals surface area contributed by atoms with E-state index in [4.69, 9.17) is 16.6 Å². The molecule has 0 unspecified atom stereocenters. The fourth-order valence-corrected chi connectivity index (χ4v) is 6.27. The molecule has 9 nitrogen and oxygen atoms in total. The van der Waals surface area contributed by atoms with Crippen molar-refractivity contribution in [1.29, 1.82) is 0 Å². The number of amides is 1. The summed E-state index contributed by atoms with van der Waals surface area (Å²) in [5.41, 5.74) is 3.41. The molecule has 3 aromatic heterocycles. The summed E-state index contributed by atoms with van der Waals surface area (Å²) in [7, 11) is 2.01. The third kappa shape index (κ3) is 4.39. The van der Waals surface area contributed by atoms with Gasteiger partial charge in [-0.2, -0.15) is 0 Å². The third-order valence-electron chi connectivity index (χ3n) is 7.88. The van der Waals surface area contributed by atoms with Gasteiger partial charge in [0, 0.05) is 48.7 Å². The summed E-state index contributed by atoms with van der Waals surface area (Å²) in [6.07, 6.45) is 5.51. The average Bonchev–Trinajstić information content (AvgIpc) is 3.50. The fraction of sp³-hybridized carbons (Fsp3) is 0.233. The van der Waals surface area contributed by atoms with Gasteiger partial charge in [0.15, 0.2) is 5.82 Å². The zero-order valence-corrected chi connectivity index (χ0v) is 22.8. The summed E-state index contributed by atoms with van der Waals surface area (Å²) in [5.74, 6) is -0.0786. The minimum absolute atomic E-state index is 0.0188. The lowest BCUT2D eigenvalue weighted by Gasteiger charge is -2.41. The highest BCUT2D eigenvalue weighted by molar-refractivity contribution is 6.31. The summed E-state index contributed by atoms with van der Waals surface area (Å²) >= 11 is 6.20. The molecule has 2 atom stereocenters. The lowest BCUT2D eigenvalue weighted by Crippen LogP contribution is -2.50. The molecule has 1 amide bonds. The first-order valence-electron chi connectivity index (χ1n) is 13.3. The van der Waals surface area contributed by atoms with Gasteiger partial charge in [-0.05, 0) is 55.4 Å². The molecular formula is C30H25ClFN7O2. The Kier molecular flexibility index (Phi) is 6.17. The molecule has 0 saturated carbocycles. The Balaban J connectivity index is 1.35. The number of halogens is 2. The van der Waals surface area contributed by atoms with Gasteiger partial charge in [-0.3, -0.25) is 9.78 Å². The van der Waals surface area contributed by atoms with Crippen LogP contribution in [0.25, 0.3) is 33.9 Å². The van der Waals surface area contributed by atoms with Gasteiger partial charge in [-0.15, -0.1) is 0 Å². The maximum absolute atomic E-state index is 15.3. The number of nitrogens with zero attached hydrogens (tertiary/aromatic N) is 7. The predicted octanol–water partition coefficient (Wildman–Crippen LogP) is 4.95. The van der Waals surface area contributed by atoms with Gasteiger partial charge in [0.05, 0.1) is 23.3 Å². The molecule has 0 radical (unpaired) electrons. The van der Waals surface area contributed by atoms with Crippen LogP contribution in [-0.2, 0) is 6.54 Å². The van der Waals surface area contributed by atoms with Crippen molar-refractivity contribution in [3.63, 3.8) is 0 Å². The highest BCUT2D eigenvalue weighted by Gasteiger charge is 2.39. The van der Waals surface area contributed by atoms with Crippen molar-refractivity contribution in [2.45, 2.75) is 25.0 Å². The Morgan fingerprint density at radius 3 is 2.63 bits per heavy atom. The third-order valence-corrected chi connectivity index (χ3v) is 8.12. The van der Waals surface area contributed by atoms with Gasteiger partial charge in [-0.25, -0.2) is 19.3 Å². The fourth-order valence-electron chi connectivity index (χ4n) is 6.09. The number of carbonyl (C=O) groups is 1. The number of piperidine rings is 1. The number of hydrogen-bond acceptors (Lipinski definition) is 7. The molecule has 0 bridgehead atoms. The number of aromatic nitrogens is 5. The van der Waals surface area contributed by atoms with Crippen molar-refractivity contribution in [2.24, 2.45) is 0 Å². The van der Waals surface area contributed by atoms with Crippen LogP contribution in [0.15, 0.2) is 67.1 Å². The molecule has 5 aromatic rings. The Labute approximate surface area is 239 Å². The SMILES string of the molecule is CN1C[C@H](N2Cc3ccc(Cl)cc3C2=O)C[C@H](n2c(-c3c(O)cccc3F)nc3cnc(-c4ncccn4)cc32)C1. The molecule has 0 spiro atoms. The summed E-state index contributed by atoms with van der Waals surface area (Å²) in [4.78, 5) is 35.5. The number of hydrogen-bond donors (Lipinski definition) is 1. The van der Waals surface area contributed by atoms with Crippen LogP contribution in [0.3, 0.4) is 0 Å². The minimum atomic E-state index is -0.580. The van der Waals surface area contributed by atoms with Crippen LogP contribution < -0.4 is 0 Å². The van der Waals surface area contributed by atoms with Gasteiger partial charge in [0.25, 0.3) is 5.91 Å². The van der Waals surface area contributed by atoms with E-state index < -0.39 is 5.82 Å². The highest BCUT2D eigenvalue weighted by atomic mass is 35.5. The van der Waals surface area contributed by atoms with E-state index in [-0.39, 0.29) is 29.3 Å². The first-order chi connectivity index (χ1) is 19.9. The summed E-state index contributed by atoms with van der Waals surface area (Å²) in [6, 6.07) is 12.9. The Bertz CT molecular complexity index is 1790. The van der Waals surface area contributed by atoms with Crippen LogP contribution in [-0.4, -0.2) is 71.5 Å². The maximum Gasteiger partial charge on any atom is 0.254 e. The van der Waals surface area contributed by atoms with E-state index in [0.29, 0.717) is 65.0 Å². The summed E-state index contributed by atoms with van der Waals surface area (Å²) in [6.45, 7) is 1.81. The zero-order chi connectivity index (χ0) is 28.2. The largest absolute Gasteiger partial charge is 0.507 e. The second-order valence-electron chi connectivity index (χ2n) is 10.6. The number of likely N-dealkylation sites (tertiary alicyclic amines) is 1. The van der Waals surface area contributed by atoms with Crippen LogP contribution in [0.4, 0.5) is 4.39 Å². The number of phenolic OH excluding ortho intramolecular Hbond substituents is 1. The molecule has 1 fully saturated rings. The number of fused-ring (bicyclic) bond motifs is 2. The van der Waals surface area contributed by atoms with Crippen LogP contribution in [0.5, 0.6) is 5.75 Å². The number of benzene rings is 2. The Hall–Kier alpha value is -4.41. The Morgan fingerprint density at radius 2 is 1.83 bits per heavy atom. The van der Waals surface area contributed by atoms with E-state index in [2.05, 4.69) is 19.9 Å². The molecule has 7 rings (SSSR count). The number of carbonyl (C=O) groups excluding carboxylic acids is 1. The van der Waals surface area contributed by atoms with Crippen molar-refractivity contribution in [2.75, 3.05) is 20.1 Å². The smallest absolute Gasteiger partial charge is 0.254 e. The molecule has 1 N–H and O–H groups in total. The van der Waals surface area contributed by atoms with Crippen LogP contribution in [0, 0.1) is 5.82 Å². The molecule has 206 valence electrons. The van der Waals surface area contributed by atoms with E-state index in [1.54, 1.807) is 36.8 Å². The van der Waals surface area contributed by atoms with E-state index in [1.807, 2.05) is 28.6 Å². The molecule has 0 aliphatic carbocycles. The van der Waals surface area contributed by atoms with Gasteiger partial charge in [0.1, 0.15) is 28.6 Å². The molecule has 2 aromatic carbocycles. The van der Waals surface area contributed by atoms with Crippen molar-refractivity contribution < 1.29 is 14.3 Å². The van der Waals surface area contributed by atoms with E-state index >= 15 is 4.39 Å². The van der Waals surface area contributed by atoms with Gasteiger partial charge < -0.3 is 19.5 Å². The lowest BCUT2D eigenvalue weighted by molar-refractivity contribution is 0.0532. The van der Waals surface area contributed by atoms with E-state index in [0.717, 1.165) is 5.56 Å². The zero-order valence-electron chi connectivity index (χ0n) is 22.1. The number of likely N-dealkylation sites (N-methyl/N-ethyl adjacent to an activating group) is 1. The lowest BCUT2D eigenvalue weighted by atomic mass is 9.98. The van der Waals surface area contributed by atoms with Crippen LogP contribution >= 0.6 is 11.6 Å². The van der Waals surface area contributed by atoms with Crippen molar-refractivity contribution >= 4 is 28.5 Å². The molecular weight excluding hydrogens is 545 g/mol. The van der Waals surface area contributed by atoms with E-state index in [1.165, 1.54) is 18.2 Å². The van der Waals surface area contributed by atoms with Crippen LogP contribution in [0.1, 0.15) is 28.4 Å². The van der Waals surface area contributed by atoms with Gasteiger partial charge in [-0.1, -0.05) is 23.7 Å². The molecule has 2 aliphatic rings. The van der Waals surface area contributed by atoms with Crippen molar-refractivity contribution in [1.82, 2.24) is 34.3 Å². The number of pyridine rings is 1. The summed E-state index contributed by atoms with van der Waals surface area (Å²) < 4.78 is 17.2. The quantitative estimate of drug-likeness (QED) is 0.327. The normalized spacial score (nSPS) is 19.2. The standard InChI is InChI=1S/C30H25ClFN7O2/c1-37-15-19(38-14-17-6-7-18(31)10-21(17)30(38)41)11-20(16-37)39-25-12-23(28-33-8-3-9-34-28)35-13-24(25)36-29(39)27-22(32)4-2-5-26(27)40/h2-10,12-13,19-20,40H,11,14-16H2,1H3/t19-,20+/m1/s1. The van der Waals surface area contributed by atoms with Crippen molar-refractivity contribution in [3.05, 3.63) is 89.1 Å². The number of rotatable bonds is 4. The molecule has 1 saturated heterocycles. The first kappa shape index (κ1) is 25.6. The predicted molar refractivity (Wildman–Crippen MR) is 152 cm³/mol. The van der Waals surface area contributed by atoms with Gasteiger partial charge in [0.2, 0.25) is 0 Å². The maximum atomic E-state index is 15.3. The second-order valence-corrected chi connectivity index (χ2v) is 11.0. The second kappa shape index (κ2) is 9.90. The highest BCUT2D eigenvalue weighted by Crippen LogP contribution is 2.39. The molecule has 41 heavy (non-hydrogen) atoms. The number of imidazole rings is 1. The molecule has 5 heterocycles. The average molecular weight is 570 g/mol. The monoisotopic (exact) mass is 569 g/mol. The summed E-state index contributed by atoms with van der Waals surface area (Å²) in [5, 5.41) is 11.3. The molecule has 11 heteroatoms. The Morgan fingerprint density at radius 1 is 1.02 bits per heavy atom. The number of aromatic hydroxyl groups is 1. The van der Waals surface area contributed by atoms with Crippen molar-refractivity contribution in [3.8, 4) is 28.7 Å². The first-order valence-corrected chi connectivity index (χ1v) is 13.7.